The maximum atomic E-state index is 8.89. The Labute approximate surface area is 96.8 Å². The van der Waals surface area contributed by atoms with E-state index in [1.54, 1.807) is 0 Å². The van der Waals surface area contributed by atoms with Crippen LogP contribution >= 0.6 is 0 Å². The Hall–Kier alpha value is -0.800. The van der Waals surface area contributed by atoms with E-state index in [0.29, 0.717) is 17.2 Å². The van der Waals surface area contributed by atoms with Crippen molar-refractivity contribution in [1.82, 2.24) is 5.32 Å². The molecule has 1 aromatic rings. The second-order valence-electron chi connectivity index (χ2n) is 5.51. The van der Waals surface area contributed by atoms with E-state index in [0.717, 1.165) is 12.3 Å². The average molecular weight is 223 g/mol. The van der Waals surface area contributed by atoms with Crippen LogP contribution in [0.2, 0.25) is 0 Å². The molecule has 1 saturated carbocycles. The van der Waals surface area contributed by atoms with Gasteiger partial charge in [-0.2, -0.15) is 0 Å². The van der Waals surface area contributed by atoms with Crippen molar-refractivity contribution in [3.63, 3.8) is 0 Å². The van der Waals surface area contributed by atoms with Gasteiger partial charge in [0.25, 0.3) is 0 Å². The molecule has 1 atom stereocenters. The van der Waals surface area contributed by atoms with Crippen LogP contribution in [-0.2, 0) is 13.2 Å². The number of aliphatic hydroxyl groups is 1. The third-order valence-corrected chi connectivity index (χ3v) is 3.41. The van der Waals surface area contributed by atoms with Crippen LogP contribution in [0.1, 0.15) is 44.6 Å². The van der Waals surface area contributed by atoms with Crippen LogP contribution < -0.4 is 5.32 Å². The fourth-order valence-corrected chi connectivity index (χ4v) is 2.46. The highest BCUT2D eigenvalue weighted by Gasteiger charge is 2.30. The summed E-state index contributed by atoms with van der Waals surface area (Å²) in [5.41, 5.74) is 0.483. The predicted octanol–water partition coefficient (Wildman–Crippen LogP) is 2.44. The summed E-state index contributed by atoms with van der Waals surface area (Å²) in [4.78, 5) is 0. The second kappa shape index (κ2) is 4.60. The van der Waals surface area contributed by atoms with Crippen molar-refractivity contribution in [2.75, 3.05) is 0 Å². The highest BCUT2D eigenvalue weighted by molar-refractivity contribution is 5.06. The molecular formula is C13H21NO2. The van der Waals surface area contributed by atoms with Crippen LogP contribution in [0.3, 0.4) is 0 Å². The lowest BCUT2D eigenvalue weighted by Crippen LogP contribution is -2.26. The van der Waals surface area contributed by atoms with Crippen LogP contribution in [-0.4, -0.2) is 11.1 Å². The lowest BCUT2D eigenvalue weighted by atomic mass is 9.92. The number of nitrogens with one attached hydrogen (secondary N) is 1. The summed E-state index contributed by atoms with van der Waals surface area (Å²) in [5, 5.41) is 12.4. The minimum absolute atomic E-state index is 0.0174. The molecular weight excluding hydrogens is 202 g/mol. The number of furan rings is 1. The van der Waals surface area contributed by atoms with Gasteiger partial charge in [0.15, 0.2) is 0 Å². The first-order valence-corrected chi connectivity index (χ1v) is 6.01. The largest absolute Gasteiger partial charge is 0.462 e. The molecule has 0 aliphatic heterocycles. The highest BCUT2D eigenvalue weighted by Crippen LogP contribution is 2.36. The van der Waals surface area contributed by atoms with Gasteiger partial charge in [0, 0.05) is 6.04 Å². The molecule has 1 heterocycles. The molecule has 0 aromatic carbocycles. The van der Waals surface area contributed by atoms with E-state index in [-0.39, 0.29) is 6.61 Å². The van der Waals surface area contributed by atoms with Crippen LogP contribution in [0.4, 0.5) is 0 Å². The molecule has 3 nitrogen and oxygen atoms in total. The fraction of sp³-hybridized carbons (Fsp3) is 0.692. The Bertz CT molecular complexity index is 343. The minimum Gasteiger partial charge on any atom is -0.462 e. The van der Waals surface area contributed by atoms with Crippen molar-refractivity contribution >= 4 is 0 Å². The van der Waals surface area contributed by atoms with E-state index in [2.05, 4.69) is 19.2 Å². The molecule has 1 fully saturated rings. The van der Waals surface area contributed by atoms with Crippen molar-refractivity contribution in [2.24, 2.45) is 5.41 Å². The van der Waals surface area contributed by atoms with E-state index in [1.165, 1.54) is 19.3 Å². The smallest absolute Gasteiger partial charge is 0.129 e. The van der Waals surface area contributed by atoms with Gasteiger partial charge in [-0.25, -0.2) is 0 Å². The molecule has 0 amide bonds. The molecule has 3 heteroatoms. The Kier molecular flexibility index (Phi) is 3.36. The summed E-state index contributed by atoms with van der Waals surface area (Å²) in [6.07, 6.45) is 3.78. The normalized spacial score (nSPS) is 23.8. The van der Waals surface area contributed by atoms with Gasteiger partial charge in [-0.1, -0.05) is 13.8 Å². The minimum atomic E-state index is -0.0174. The molecule has 16 heavy (non-hydrogen) atoms. The molecule has 0 radical (unpaired) electrons. The molecule has 1 unspecified atom stereocenters. The second-order valence-corrected chi connectivity index (χ2v) is 5.51. The van der Waals surface area contributed by atoms with Gasteiger partial charge in [-0.3, -0.25) is 0 Å². The predicted molar refractivity (Wildman–Crippen MR) is 62.9 cm³/mol. The van der Waals surface area contributed by atoms with Crippen molar-refractivity contribution in [2.45, 2.75) is 52.3 Å². The average Bonchev–Trinajstić information content (AvgIpc) is 2.81. The molecule has 1 aliphatic carbocycles. The summed E-state index contributed by atoms with van der Waals surface area (Å²) in [7, 11) is 0. The van der Waals surface area contributed by atoms with Crippen LogP contribution in [0.15, 0.2) is 16.5 Å². The Balaban J connectivity index is 1.80. The zero-order chi connectivity index (χ0) is 11.6. The summed E-state index contributed by atoms with van der Waals surface area (Å²) in [6.45, 7) is 5.40. The number of hydrogen-bond donors (Lipinski definition) is 2. The third-order valence-electron chi connectivity index (χ3n) is 3.41. The SMILES string of the molecule is CC1(C)CCC(NCc2ccc(CO)o2)C1. The van der Waals surface area contributed by atoms with Gasteiger partial charge in [0.1, 0.15) is 18.1 Å². The van der Waals surface area contributed by atoms with E-state index >= 15 is 0 Å². The van der Waals surface area contributed by atoms with Crippen molar-refractivity contribution in [3.05, 3.63) is 23.7 Å². The summed E-state index contributed by atoms with van der Waals surface area (Å²) in [6, 6.07) is 4.37. The van der Waals surface area contributed by atoms with Crippen molar-refractivity contribution in [1.29, 1.82) is 0 Å². The first-order valence-electron chi connectivity index (χ1n) is 6.01. The lowest BCUT2D eigenvalue weighted by molar-refractivity contribution is 0.242. The molecule has 0 bridgehead atoms. The molecule has 1 aromatic heterocycles. The fourth-order valence-electron chi connectivity index (χ4n) is 2.46. The molecule has 2 rings (SSSR count). The van der Waals surface area contributed by atoms with Gasteiger partial charge in [0.05, 0.1) is 6.54 Å². The Morgan fingerprint density at radius 1 is 1.44 bits per heavy atom. The van der Waals surface area contributed by atoms with Crippen LogP contribution in [0.5, 0.6) is 0 Å². The number of rotatable bonds is 4. The Morgan fingerprint density at radius 2 is 2.19 bits per heavy atom. The highest BCUT2D eigenvalue weighted by atomic mass is 16.4. The van der Waals surface area contributed by atoms with E-state index in [4.69, 9.17) is 9.52 Å². The maximum Gasteiger partial charge on any atom is 0.129 e. The monoisotopic (exact) mass is 223 g/mol. The first kappa shape index (κ1) is 11.7. The summed E-state index contributed by atoms with van der Waals surface area (Å²) >= 11 is 0. The van der Waals surface area contributed by atoms with Gasteiger partial charge in [-0.05, 0) is 36.8 Å². The molecule has 1 aliphatic rings. The summed E-state index contributed by atoms with van der Waals surface area (Å²) < 4.78 is 5.43. The lowest BCUT2D eigenvalue weighted by Gasteiger charge is -2.17. The molecule has 2 N–H and O–H groups in total. The van der Waals surface area contributed by atoms with Crippen LogP contribution in [0, 0.1) is 5.41 Å². The summed E-state index contributed by atoms with van der Waals surface area (Å²) in [5.74, 6) is 1.55. The van der Waals surface area contributed by atoms with Gasteiger partial charge in [-0.15, -0.1) is 0 Å². The maximum absolute atomic E-state index is 8.89. The van der Waals surface area contributed by atoms with Gasteiger partial charge >= 0.3 is 0 Å². The molecule has 0 saturated heterocycles. The van der Waals surface area contributed by atoms with Crippen LogP contribution in [0.25, 0.3) is 0 Å². The third kappa shape index (κ3) is 2.86. The van der Waals surface area contributed by atoms with Crippen molar-refractivity contribution in [3.8, 4) is 0 Å². The topological polar surface area (TPSA) is 45.4 Å². The molecule has 90 valence electrons. The Morgan fingerprint density at radius 3 is 2.75 bits per heavy atom. The van der Waals surface area contributed by atoms with Gasteiger partial charge in [0.2, 0.25) is 0 Å². The zero-order valence-corrected chi connectivity index (χ0v) is 10.1. The first-order chi connectivity index (χ1) is 7.59. The zero-order valence-electron chi connectivity index (χ0n) is 10.1. The standard InChI is InChI=1S/C13H21NO2/c1-13(2)6-5-10(7-13)14-8-11-3-4-12(9-15)16-11/h3-4,10,14-15H,5-9H2,1-2H3. The number of aliphatic hydroxyl groups excluding tert-OH is 1. The van der Waals surface area contributed by atoms with Gasteiger partial charge < -0.3 is 14.8 Å². The van der Waals surface area contributed by atoms with E-state index in [9.17, 15) is 0 Å². The molecule has 0 spiro atoms. The quantitative estimate of drug-likeness (QED) is 0.824. The number of hydrogen-bond acceptors (Lipinski definition) is 3. The van der Waals surface area contributed by atoms with E-state index in [1.807, 2.05) is 12.1 Å². The van der Waals surface area contributed by atoms with Crippen molar-refractivity contribution < 1.29 is 9.52 Å². The van der Waals surface area contributed by atoms with E-state index < -0.39 is 0 Å².